The largest absolute Gasteiger partial charge is 0.240 e. The molecule has 6 heteroatoms. The fourth-order valence-electron chi connectivity index (χ4n) is 2.81. The third-order valence-electron chi connectivity index (χ3n) is 4.14. The maximum Gasteiger partial charge on any atom is 0.218 e. The van der Waals surface area contributed by atoms with Crippen molar-refractivity contribution in [1.82, 2.24) is 19.9 Å². The first-order chi connectivity index (χ1) is 12.3. The van der Waals surface area contributed by atoms with Gasteiger partial charge in [0.2, 0.25) is 5.16 Å². The summed E-state index contributed by atoms with van der Waals surface area (Å²) < 4.78 is 1.78. The van der Waals surface area contributed by atoms with E-state index in [2.05, 4.69) is 46.5 Å². The van der Waals surface area contributed by atoms with E-state index in [-0.39, 0.29) is 0 Å². The Balaban J connectivity index is 1.64. The van der Waals surface area contributed by atoms with Crippen LogP contribution in [0.4, 0.5) is 0 Å². The van der Waals surface area contributed by atoms with E-state index >= 15 is 0 Å². The van der Waals surface area contributed by atoms with Crippen LogP contribution in [0.2, 0.25) is 0 Å². The summed E-state index contributed by atoms with van der Waals surface area (Å²) in [5, 5.41) is 16.0. The van der Waals surface area contributed by atoms with Gasteiger partial charge in [-0.25, -0.2) is 4.98 Å². The molecule has 0 aliphatic carbocycles. The number of para-hydroxylation sites is 1. The molecule has 2 aromatic heterocycles. The van der Waals surface area contributed by atoms with Crippen LogP contribution in [0.15, 0.2) is 69.9 Å². The molecule has 5 rings (SSSR count). The molecule has 25 heavy (non-hydrogen) atoms. The van der Waals surface area contributed by atoms with Crippen molar-refractivity contribution in [2.45, 2.75) is 17.1 Å². The summed E-state index contributed by atoms with van der Waals surface area (Å²) in [4.78, 5) is 4.76. The first-order valence-electron chi connectivity index (χ1n) is 7.92. The van der Waals surface area contributed by atoms with Gasteiger partial charge < -0.3 is 0 Å². The maximum atomic E-state index is 4.76. The lowest BCUT2D eigenvalue weighted by Crippen LogP contribution is -1.94. The van der Waals surface area contributed by atoms with Crippen molar-refractivity contribution in [3.63, 3.8) is 0 Å². The number of rotatable bonds is 1. The van der Waals surface area contributed by atoms with Crippen molar-refractivity contribution >= 4 is 28.9 Å². The van der Waals surface area contributed by atoms with Crippen LogP contribution in [-0.4, -0.2) is 26.1 Å². The Morgan fingerprint density at radius 2 is 1.80 bits per heavy atom. The molecule has 2 aromatic carbocycles. The SMILES string of the molecule is Cc1ccc(-c2nnc3n2N=Cc2cc4ccccc4nc2S3)cc1. The molecule has 0 atom stereocenters. The number of hydrogen-bond acceptors (Lipinski definition) is 5. The van der Waals surface area contributed by atoms with Crippen LogP contribution < -0.4 is 0 Å². The molecule has 0 saturated carbocycles. The van der Waals surface area contributed by atoms with E-state index in [1.807, 2.05) is 36.5 Å². The van der Waals surface area contributed by atoms with Crippen LogP contribution in [0.3, 0.4) is 0 Å². The van der Waals surface area contributed by atoms with E-state index in [4.69, 9.17) is 4.98 Å². The average molecular weight is 343 g/mol. The van der Waals surface area contributed by atoms with Gasteiger partial charge in [0.25, 0.3) is 0 Å². The van der Waals surface area contributed by atoms with Gasteiger partial charge in [0.1, 0.15) is 5.03 Å². The molecule has 4 aromatic rings. The lowest BCUT2D eigenvalue weighted by Gasteiger charge is -2.03. The fraction of sp³-hybridized carbons (Fsp3) is 0.0526. The minimum Gasteiger partial charge on any atom is -0.240 e. The lowest BCUT2D eigenvalue weighted by molar-refractivity contribution is 0.775. The van der Waals surface area contributed by atoms with E-state index in [9.17, 15) is 0 Å². The van der Waals surface area contributed by atoms with Gasteiger partial charge in [-0.2, -0.15) is 9.78 Å². The molecule has 0 fully saturated rings. The number of fused-ring (bicyclic) bond motifs is 3. The van der Waals surface area contributed by atoms with Crippen LogP contribution in [0.25, 0.3) is 22.3 Å². The predicted molar refractivity (Wildman–Crippen MR) is 99.1 cm³/mol. The number of pyridine rings is 1. The Bertz CT molecular complexity index is 1130. The lowest BCUT2D eigenvalue weighted by atomic mass is 10.1. The fourth-order valence-corrected chi connectivity index (χ4v) is 3.66. The topological polar surface area (TPSA) is 56.0 Å². The van der Waals surface area contributed by atoms with Crippen molar-refractivity contribution in [3.8, 4) is 11.4 Å². The number of aryl methyl sites for hydroxylation is 1. The van der Waals surface area contributed by atoms with E-state index in [0.717, 1.165) is 32.9 Å². The van der Waals surface area contributed by atoms with Gasteiger partial charge in [-0.15, -0.1) is 10.2 Å². The average Bonchev–Trinajstić information content (AvgIpc) is 2.94. The number of hydrogen-bond donors (Lipinski definition) is 0. The Hall–Kier alpha value is -2.99. The summed E-state index contributed by atoms with van der Waals surface area (Å²) in [6.45, 7) is 2.06. The number of nitrogens with zero attached hydrogens (tertiary/aromatic N) is 5. The van der Waals surface area contributed by atoms with Gasteiger partial charge in [-0.1, -0.05) is 48.0 Å². The Labute approximate surface area is 148 Å². The summed E-state index contributed by atoms with van der Waals surface area (Å²) in [5.41, 5.74) is 4.16. The van der Waals surface area contributed by atoms with Gasteiger partial charge >= 0.3 is 0 Å². The smallest absolute Gasteiger partial charge is 0.218 e. The second kappa shape index (κ2) is 5.53. The monoisotopic (exact) mass is 343 g/mol. The quantitative estimate of drug-likeness (QED) is 0.459. The molecule has 0 spiro atoms. The summed E-state index contributed by atoms with van der Waals surface area (Å²) >= 11 is 1.49. The van der Waals surface area contributed by atoms with E-state index in [1.165, 1.54) is 17.3 Å². The molecular formula is C19H13N5S. The molecule has 0 unspecified atom stereocenters. The second-order valence-electron chi connectivity index (χ2n) is 5.91. The summed E-state index contributed by atoms with van der Waals surface area (Å²) in [7, 11) is 0. The zero-order valence-electron chi connectivity index (χ0n) is 13.4. The van der Waals surface area contributed by atoms with Crippen molar-refractivity contribution in [2.75, 3.05) is 0 Å². The Kier molecular flexibility index (Phi) is 3.18. The molecule has 3 heterocycles. The zero-order valence-corrected chi connectivity index (χ0v) is 14.2. The minimum atomic E-state index is 0.716. The summed E-state index contributed by atoms with van der Waals surface area (Å²) in [6, 6.07) is 18.4. The van der Waals surface area contributed by atoms with Gasteiger partial charge in [0.05, 0.1) is 11.7 Å². The van der Waals surface area contributed by atoms with Gasteiger partial charge in [-0.3, -0.25) is 0 Å². The van der Waals surface area contributed by atoms with Crippen molar-refractivity contribution in [3.05, 3.63) is 65.7 Å². The molecule has 120 valence electrons. The van der Waals surface area contributed by atoms with E-state index < -0.39 is 0 Å². The third-order valence-corrected chi connectivity index (χ3v) is 5.10. The highest BCUT2D eigenvalue weighted by atomic mass is 32.2. The molecule has 0 saturated heterocycles. The summed E-state index contributed by atoms with van der Waals surface area (Å²) in [5.74, 6) is 0.733. The van der Waals surface area contributed by atoms with E-state index in [1.54, 1.807) is 4.68 Å². The molecule has 0 radical (unpaired) electrons. The molecule has 0 amide bonds. The second-order valence-corrected chi connectivity index (χ2v) is 6.86. The van der Waals surface area contributed by atoms with Gasteiger partial charge in [-0.05, 0) is 30.8 Å². The molecular weight excluding hydrogens is 330 g/mol. The number of aromatic nitrogens is 4. The Morgan fingerprint density at radius 1 is 0.960 bits per heavy atom. The maximum absolute atomic E-state index is 4.76. The normalized spacial score (nSPS) is 12.7. The van der Waals surface area contributed by atoms with Crippen molar-refractivity contribution < 1.29 is 0 Å². The molecule has 1 aliphatic heterocycles. The predicted octanol–water partition coefficient (Wildman–Crippen LogP) is 4.15. The number of benzene rings is 2. The van der Waals surface area contributed by atoms with Crippen LogP contribution in [0.5, 0.6) is 0 Å². The zero-order chi connectivity index (χ0) is 16.8. The summed E-state index contributed by atoms with van der Waals surface area (Å²) in [6.07, 6.45) is 1.83. The first-order valence-corrected chi connectivity index (χ1v) is 8.74. The third kappa shape index (κ3) is 2.42. The highest BCUT2D eigenvalue weighted by molar-refractivity contribution is 7.99. The van der Waals surface area contributed by atoms with Gasteiger partial charge in [0, 0.05) is 16.5 Å². The molecule has 0 N–H and O–H groups in total. The van der Waals surface area contributed by atoms with Crippen molar-refractivity contribution in [2.24, 2.45) is 5.10 Å². The highest BCUT2D eigenvalue weighted by Gasteiger charge is 2.19. The van der Waals surface area contributed by atoms with Crippen LogP contribution in [-0.2, 0) is 0 Å². The standard InChI is InChI=1S/C19H13N5S/c1-12-6-8-13(9-7-12)17-22-23-19-24(17)20-11-15-10-14-4-2-3-5-16(14)21-18(15)25-19/h2-11H,1H3. The highest BCUT2D eigenvalue weighted by Crippen LogP contribution is 2.33. The van der Waals surface area contributed by atoms with Crippen LogP contribution >= 0.6 is 11.8 Å². The molecule has 1 aliphatic rings. The minimum absolute atomic E-state index is 0.716. The molecule has 0 bridgehead atoms. The molecule has 5 nitrogen and oxygen atoms in total. The van der Waals surface area contributed by atoms with E-state index in [0.29, 0.717) is 5.16 Å². The van der Waals surface area contributed by atoms with Crippen LogP contribution in [0, 0.1) is 6.92 Å². The van der Waals surface area contributed by atoms with Crippen molar-refractivity contribution in [1.29, 1.82) is 0 Å². The Morgan fingerprint density at radius 3 is 2.68 bits per heavy atom. The first kappa shape index (κ1) is 14.4. The van der Waals surface area contributed by atoms with Crippen LogP contribution in [0.1, 0.15) is 11.1 Å². The van der Waals surface area contributed by atoms with Gasteiger partial charge in [0.15, 0.2) is 5.82 Å².